The first-order valence-electron chi connectivity index (χ1n) is 7.85. The molecule has 0 radical (unpaired) electrons. The maximum absolute atomic E-state index is 13.2. The van der Waals surface area contributed by atoms with Gasteiger partial charge < -0.3 is 10.2 Å². The molecule has 1 aliphatic rings. The van der Waals surface area contributed by atoms with E-state index in [1.165, 1.54) is 6.07 Å². The number of benzene rings is 1. The average molecular weight is 329 g/mol. The minimum absolute atomic E-state index is 0. The Balaban J connectivity index is 0.00000242. The zero-order valence-electron chi connectivity index (χ0n) is 13.3. The first kappa shape index (κ1) is 18.9. The Hall–Kier alpha value is -1.13. The number of halogens is 2. The Morgan fingerprint density at radius 2 is 2.14 bits per heavy atom. The number of carbonyl (C=O) groups is 1. The first-order valence-corrected chi connectivity index (χ1v) is 7.85. The molecular formula is C17H26ClFN2O. The number of hydrogen-bond acceptors (Lipinski definition) is 2. The number of carbonyl (C=O) groups excluding carboxylic acids is 1. The molecule has 1 saturated heterocycles. The fourth-order valence-corrected chi connectivity index (χ4v) is 2.71. The van der Waals surface area contributed by atoms with Crippen LogP contribution >= 0.6 is 12.4 Å². The summed E-state index contributed by atoms with van der Waals surface area (Å²) in [5.74, 6) is 0.561. The summed E-state index contributed by atoms with van der Waals surface area (Å²) in [6.45, 7) is 7.43. The number of nitrogens with zero attached hydrogens (tertiary/aromatic N) is 1. The van der Waals surface area contributed by atoms with Crippen molar-refractivity contribution in [3.8, 4) is 0 Å². The minimum atomic E-state index is -0.213. The lowest BCUT2D eigenvalue weighted by Gasteiger charge is -2.35. The summed E-state index contributed by atoms with van der Waals surface area (Å²) < 4.78 is 13.2. The minimum Gasteiger partial charge on any atom is -0.342 e. The van der Waals surface area contributed by atoms with Crippen LogP contribution in [-0.2, 0) is 11.2 Å². The van der Waals surface area contributed by atoms with Crippen LogP contribution in [-0.4, -0.2) is 37.0 Å². The van der Waals surface area contributed by atoms with Gasteiger partial charge in [0.1, 0.15) is 5.82 Å². The van der Waals surface area contributed by atoms with Crippen LogP contribution in [0.3, 0.4) is 0 Å². The Kier molecular flexibility index (Phi) is 7.83. The molecule has 0 aromatic heterocycles. The van der Waals surface area contributed by atoms with Crippen LogP contribution in [0.2, 0.25) is 0 Å². The van der Waals surface area contributed by atoms with Crippen LogP contribution in [0.25, 0.3) is 0 Å². The van der Waals surface area contributed by atoms with E-state index < -0.39 is 0 Å². The Morgan fingerprint density at radius 1 is 1.41 bits per heavy atom. The van der Waals surface area contributed by atoms with Gasteiger partial charge in [-0.3, -0.25) is 4.79 Å². The van der Waals surface area contributed by atoms with Gasteiger partial charge in [-0.15, -0.1) is 12.4 Å². The molecule has 1 amide bonds. The van der Waals surface area contributed by atoms with Crippen molar-refractivity contribution in [2.24, 2.45) is 11.8 Å². The lowest BCUT2D eigenvalue weighted by molar-refractivity contribution is -0.137. The SMILES string of the molecule is CCCN(CCc1cccc(F)c1)C(=O)C(C)C1CNC1.Cl. The van der Waals surface area contributed by atoms with E-state index in [4.69, 9.17) is 0 Å². The third kappa shape index (κ3) is 4.96. The molecule has 1 heterocycles. The number of amides is 1. The zero-order valence-corrected chi connectivity index (χ0v) is 14.2. The van der Waals surface area contributed by atoms with E-state index in [0.29, 0.717) is 18.9 Å². The number of nitrogens with one attached hydrogen (secondary N) is 1. The fourth-order valence-electron chi connectivity index (χ4n) is 2.71. The monoisotopic (exact) mass is 328 g/mol. The third-order valence-electron chi connectivity index (χ3n) is 4.27. The van der Waals surface area contributed by atoms with Gasteiger partial charge in [-0.2, -0.15) is 0 Å². The molecule has 2 rings (SSSR count). The molecule has 3 nitrogen and oxygen atoms in total. The lowest BCUT2D eigenvalue weighted by atomic mass is 9.88. The molecule has 5 heteroatoms. The van der Waals surface area contributed by atoms with Gasteiger partial charge in [-0.1, -0.05) is 26.0 Å². The molecule has 1 unspecified atom stereocenters. The summed E-state index contributed by atoms with van der Waals surface area (Å²) in [7, 11) is 0. The summed E-state index contributed by atoms with van der Waals surface area (Å²) in [4.78, 5) is 14.5. The van der Waals surface area contributed by atoms with E-state index in [-0.39, 0.29) is 30.0 Å². The zero-order chi connectivity index (χ0) is 15.2. The highest BCUT2D eigenvalue weighted by atomic mass is 35.5. The highest BCUT2D eigenvalue weighted by molar-refractivity contribution is 5.85. The molecule has 1 aromatic rings. The van der Waals surface area contributed by atoms with Crippen molar-refractivity contribution in [3.63, 3.8) is 0 Å². The largest absolute Gasteiger partial charge is 0.342 e. The Bertz CT molecular complexity index is 479. The second-order valence-electron chi connectivity index (χ2n) is 5.91. The van der Waals surface area contributed by atoms with Crippen molar-refractivity contribution in [2.75, 3.05) is 26.2 Å². The molecule has 0 saturated carbocycles. The first-order chi connectivity index (χ1) is 10.1. The van der Waals surface area contributed by atoms with E-state index in [9.17, 15) is 9.18 Å². The van der Waals surface area contributed by atoms with E-state index in [0.717, 1.165) is 31.6 Å². The van der Waals surface area contributed by atoms with Gasteiger partial charge in [0.25, 0.3) is 0 Å². The van der Waals surface area contributed by atoms with E-state index >= 15 is 0 Å². The van der Waals surface area contributed by atoms with E-state index in [1.54, 1.807) is 12.1 Å². The predicted molar refractivity (Wildman–Crippen MR) is 89.7 cm³/mol. The molecule has 1 aromatic carbocycles. The molecule has 1 fully saturated rings. The molecule has 1 N–H and O–H groups in total. The summed E-state index contributed by atoms with van der Waals surface area (Å²) in [5, 5.41) is 3.22. The van der Waals surface area contributed by atoms with Crippen LogP contribution in [0.15, 0.2) is 24.3 Å². The van der Waals surface area contributed by atoms with Gasteiger partial charge in [-0.05, 0) is 49.5 Å². The second kappa shape index (κ2) is 9.11. The Labute approximate surface area is 138 Å². The van der Waals surface area contributed by atoms with Gasteiger partial charge in [-0.25, -0.2) is 4.39 Å². The molecule has 0 spiro atoms. The fraction of sp³-hybridized carbons (Fsp3) is 0.588. The van der Waals surface area contributed by atoms with Crippen molar-refractivity contribution >= 4 is 18.3 Å². The van der Waals surface area contributed by atoms with E-state index in [2.05, 4.69) is 12.2 Å². The van der Waals surface area contributed by atoms with Crippen LogP contribution in [0.4, 0.5) is 4.39 Å². The van der Waals surface area contributed by atoms with Crippen molar-refractivity contribution in [1.82, 2.24) is 10.2 Å². The van der Waals surface area contributed by atoms with Gasteiger partial charge in [0.2, 0.25) is 5.91 Å². The topological polar surface area (TPSA) is 32.3 Å². The molecular weight excluding hydrogens is 303 g/mol. The lowest BCUT2D eigenvalue weighted by Crippen LogP contribution is -2.50. The van der Waals surface area contributed by atoms with Crippen molar-refractivity contribution in [1.29, 1.82) is 0 Å². The smallest absolute Gasteiger partial charge is 0.225 e. The highest BCUT2D eigenvalue weighted by Gasteiger charge is 2.31. The van der Waals surface area contributed by atoms with E-state index in [1.807, 2.05) is 17.9 Å². The van der Waals surface area contributed by atoms with Crippen LogP contribution < -0.4 is 5.32 Å². The quantitative estimate of drug-likeness (QED) is 0.834. The molecule has 0 bridgehead atoms. The predicted octanol–water partition coefficient (Wildman–Crippen LogP) is 2.88. The molecule has 1 aliphatic heterocycles. The van der Waals surface area contributed by atoms with Gasteiger partial charge in [0.05, 0.1) is 0 Å². The van der Waals surface area contributed by atoms with Crippen LogP contribution in [0, 0.1) is 17.7 Å². The standard InChI is InChI=1S/C17H25FN2O.ClH/c1-3-8-20(17(21)13(2)15-11-19-12-15)9-7-14-5-4-6-16(18)10-14;/h4-6,10,13,15,19H,3,7-9,11-12H2,1-2H3;1H. The normalized spacial score (nSPS) is 15.6. The summed E-state index contributed by atoms with van der Waals surface area (Å²) in [5.41, 5.74) is 0.946. The summed E-state index contributed by atoms with van der Waals surface area (Å²) in [6.07, 6.45) is 1.66. The molecule has 1 atom stereocenters. The number of rotatable bonds is 7. The van der Waals surface area contributed by atoms with Gasteiger partial charge in [0, 0.05) is 19.0 Å². The molecule has 22 heavy (non-hydrogen) atoms. The van der Waals surface area contributed by atoms with Crippen LogP contribution in [0.1, 0.15) is 25.8 Å². The maximum Gasteiger partial charge on any atom is 0.225 e. The summed E-state index contributed by atoms with van der Waals surface area (Å²) >= 11 is 0. The average Bonchev–Trinajstić information content (AvgIpc) is 2.41. The maximum atomic E-state index is 13.2. The van der Waals surface area contributed by atoms with Gasteiger partial charge >= 0.3 is 0 Å². The molecule has 124 valence electrons. The molecule has 0 aliphatic carbocycles. The van der Waals surface area contributed by atoms with Gasteiger partial charge in [0.15, 0.2) is 0 Å². The van der Waals surface area contributed by atoms with Crippen molar-refractivity contribution in [3.05, 3.63) is 35.6 Å². The second-order valence-corrected chi connectivity index (χ2v) is 5.91. The van der Waals surface area contributed by atoms with Crippen molar-refractivity contribution < 1.29 is 9.18 Å². The summed E-state index contributed by atoms with van der Waals surface area (Å²) in [6, 6.07) is 6.63. The highest BCUT2D eigenvalue weighted by Crippen LogP contribution is 2.19. The third-order valence-corrected chi connectivity index (χ3v) is 4.27. The van der Waals surface area contributed by atoms with Crippen LogP contribution in [0.5, 0.6) is 0 Å². The Morgan fingerprint density at radius 3 is 2.68 bits per heavy atom. The number of hydrogen-bond donors (Lipinski definition) is 1. The van der Waals surface area contributed by atoms with Crippen molar-refractivity contribution in [2.45, 2.75) is 26.7 Å².